The number of pyridine rings is 1. The minimum atomic E-state index is 0.0981. The molecule has 4 heteroatoms. The lowest BCUT2D eigenvalue weighted by Crippen LogP contribution is -2.33. The number of unbranched alkanes of at least 4 members (excludes halogenated alkanes) is 1. The van der Waals surface area contributed by atoms with Crippen molar-refractivity contribution >= 4 is 11.6 Å². The van der Waals surface area contributed by atoms with E-state index in [-0.39, 0.29) is 5.91 Å². The first-order chi connectivity index (χ1) is 10.1. The molecule has 2 heterocycles. The highest BCUT2D eigenvalue weighted by atomic mass is 16.2. The van der Waals surface area contributed by atoms with Crippen LogP contribution in [0.5, 0.6) is 0 Å². The van der Waals surface area contributed by atoms with E-state index in [2.05, 4.69) is 18.8 Å². The number of hydrogen-bond donors (Lipinski definition) is 0. The van der Waals surface area contributed by atoms with Crippen molar-refractivity contribution in [2.24, 2.45) is 0 Å². The molecule has 0 saturated heterocycles. The van der Waals surface area contributed by atoms with Crippen LogP contribution < -0.4 is 0 Å². The third kappa shape index (κ3) is 2.94. The van der Waals surface area contributed by atoms with Crippen LogP contribution in [0.25, 0.3) is 5.65 Å². The van der Waals surface area contributed by atoms with Crippen LogP contribution in [0.4, 0.5) is 0 Å². The molecule has 4 nitrogen and oxygen atoms in total. The Kier molecular flexibility index (Phi) is 4.99. The smallest absolute Gasteiger partial charge is 0.272 e. The zero-order chi connectivity index (χ0) is 15.4. The van der Waals surface area contributed by atoms with E-state index in [9.17, 15) is 4.79 Å². The van der Waals surface area contributed by atoms with Gasteiger partial charge in [-0.2, -0.15) is 0 Å². The molecule has 0 aromatic carbocycles. The summed E-state index contributed by atoms with van der Waals surface area (Å²) >= 11 is 0. The first-order valence-electron chi connectivity index (χ1n) is 7.89. The summed E-state index contributed by atoms with van der Waals surface area (Å²) in [5.41, 5.74) is 3.62. The van der Waals surface area contributed by atoms with Crippen LogP contribution in [0.1, 0.15) is 55.4 Å². The number of hydrogen-bond acceptors (Lipinski definition) is 2. The number of fused-ring (bicyclic) bond motifs is 1. The van der Waals surface area contributed by atoms with Crippen LogP contribution in [0, 0.1) is 6.92 Å². The van der Waals surface area contributed by atoms with Crippen LogP contribution in [-0.4, -0.2) is 33.3 Å². The second-order valence-electron chi connectivity index (χ2n) is 5.38. The quantitative estimate of drug-likeness (QED) is 0.816. The monoisotopic (exact) mass is 287 g/mol. The van der Waals surface area contributed by atoms with Gasteiger partial charge in [-0.1, -0.05) is 26.3 Å². The zero-order valence-corrected chi connectivity index (χ0v) is 13.5. The number of aromatic nitrogens is 2. The maximum Gasteiger partial charge on any atom is 0.272 e. The average molecular weight is 287 g/mol. The number of imidazole rings is 1. The second-order valence-corrected chi connectivity index (χ2v) is 5.38. The van der Waals surface area contributed by atoms with Crippen LogP contribution in [0.3, 0.4) is 0 Å². The third-order valence-corrected chi connectivity index (χ3v) is 3.91. The van der Waals surface area contributed by atoms with Gasteiger partial charge in [0.05, 0.1) is 5.69 Å². The molecule has 0 aliphatic carbocycles. The number of carbonyl (C=O) groups excluding carboxylic acids is 1. The molecule has 0 N–H and O–H groups in total. The van der Waals surface area contributed by atoms with Crippen molar-refractivity contribution in [3.8, 4) is 0 Å². The normalized spacial score (nSPS) is 11.0. The molecule has 0 spiro atoms. The van der Waals surface area contributed by atoms with Gasteiger partial charge in [-0.25, -0.2) is 4.98 Å². The Morgan fingerprint density at radius 1 is 1.33 bits per heavy atom. The third-order valence-electron chi connectivity index (χ3n) is 3.91. The van der Waals surface area contributed by atoms with Gasteiger partial charge in [0.2, 0.25) is 0 Å². The fourth-order valence-electron chi connectivity index (χ4n) is 2.63. The van der Waals surface area contributed by atoms with Gasteiger partial charge in [-0.05, 0) is 38.3 Å². The second kappa shape index (κ2) is 6.74. The lowest BCUT2D eigenvalue weighted by atomic mass is 10.2. The molecule has 0 atom stereocenters. The van der Waals surface area contributed by atoms with E-state index in [0.29, 0.717) is 0 Å². The summed E-state index contributed by atoms with van der Waals surface area (Å²) in [5.74, 6) is 0.0981. The summed E-state index contributed by atoms with van der Waals surface area (Å²) in [6.45, 7) is 9.82. The van der Waals surface area contributed by atoms with E-state index in [1.807, 2.05) is 41.5 Å². The molecule has 114 valence electrons. The van der Waals surface area contributed by atoms with E-state index in [4.69, 9.17) is 0 Å². The van der Waals surface area contributed by atoms with Gasteiger partial charge in [0.25, 0.3) is 5.91 Å². The van der Waals surface area contributed by atoms with Gasteiger partial charge in [0, 0.05) is 19.3 Å². The molecule has 0 aliphatic rings. The Hall–Kier alpha value is -1.84. The topological polar surface area (TPSA) is 37.6 Å². The Labute approximate surface area is 126 Å². The van der Waals surface area contributed by atoms with Crippen molar-refractivity contribution in [3.05, 3.63) is 35.3 Å². The molecule has 1 amide bonds. The molecule has 21 heavy (non-hydrogen) atoms. The molecule has 0 radical (unpaired) electrons. The van der Waals surface area contributed by atoms with Gasteiger partial charge in [-0.3, -0.25) is 9.20 Å². The molecule has 0 fully saturated rings. The van der Waals surface area contributed by atoms with Crippen LogP contribution in [0.15, 0.2) is 18.3 Å². The van der Waals surface area contributed by atoms with Crippen molar-refractivity contribution < 1.29 is 4.79 Å². The molecule has 2 aromatic rings. The van der Waals surface area contributed by atoms with Crippen LogP contribution in [-0.2, 0) is 6.42 Å². The van der Waals surface area contributed by atoms with E-state index in [1.54, 1.807) is 0 Å². The summed E-state index contributed by atoms with van der Waals surface area (Å²) in [6.07, 6.45) is 4.84. The summed E-state index contributed by atoms with van der Waals surface area (Å²) < 4.78 is 1.95. The molecule has 2 rings (SSSR count). The lowest BCUT2D eigenvalue weighted by molar-refractivity contribution is 0.0754. The first kappa shape index (κ1) is 15.5. The minimum Gasteiger partial charge on any atom is -0.338 e. The summed E-state index contributed by atoms with van der Waals surface area (Å²) in [6, 6.07) is 4.01. The average Bonchev–Trinajstić information content (AvgIpc) is 2.87. The Morgan fingerprint density at radius 3 is 2.71 bits per heavy atom. The van der Waals surface area contributed by atoms with E-state index in [1.165, 1.54) is 0 Å². The van der Waals surface area contributed by atoms with E-state index < -0.39 is 0 Å². The fourth-order valence-corrected chi connectivity index (χ4v) is 2.63. The number of aryl methyl sites for hydroxylation is 2. The SMILES string of the molecule is CCCCN(CC)C(=O)c1c(CC)nc2c(C)cccn12. The van der Waals surface area contributed by atoms with Crippen molar-refractivity contribution in [2.75, 3.05) is 13.1 Å². The maximum atomic E-state index is 12.9. The number of amides is 1. The molecule has 0 bridgehead atoms. The zero-order valence-electron chi connectivity index (χ0n) is 13.5. The molecular formula is C17H25N3O. The summed E-state index contributed by atoms with van der Waals surface area (Å²) in [4.78, 5) is 19.5. The van der Waals surface area contributed by atoms with Gasteiger partial charge in [-0.15, -0.1) is 0 Å². The highest BCUT2D eigenvalue weighted by Crippen LogP contribution is 2.18. The highest BCUT2D eigenvalue weighted by Gasteiger charge is 2.22. The number of rotatable bonds is 6. The fraction of sp³-hybridized carbons (Fsp3) is 0.529. The van der Waals surface area contributed by atoms with Crippen molar-refractivity contribution in [1.29, 1.82) is 0 Å². The maximum absolute atomic E-state index is 12.9. The standard InChI is InChI=1S/C17H25N3O/c1-5-8-11-19(7-3)17(21)15-14(6-2)18-16-13(4)10-9-12-20(15)16/h9-10,12H,5-8,11H2,1-4H3. The van der Waals surface area contributed by atoms with Crippen molar-refractivity contribution in [3.63, 3.8) is 0 Å². The summed E-state index contributed by atoms with van der Waals surface area (Å²) in [5, 5.41) is 0. The highest BCUT2D eigenvalue weighted by molar-refractivity contribution is 5.95. The molecule has 0 saturated carbocycles. The predicted octanol–water partition coefficient (Wildman–Crippen LogP) is 3.47. The van der Waals surface area contributed by atoms with Gasteiger partial charge >= 0.3 is 0 Å². The Balaban J connectivity index is 2.48. The summed E-state index contributed by atoms with van der Waals surface area (Å²) in [7, 11) is 0. The Bertz CT molecular complexity index is 630. The van der Waals surface area contributed by atoms with Crippen LogP contribution >= 0.6 is 0 Å². The van der Waals surface area contributed by atoms with E-state index >= 15 is 0 Å². The molecule has 0 aliphatic heterocycles. The van der Waals surface area contributed by atoms with Crippen molar-refractivity contribution in [1.82, 2.24) is 14.3 Å². The van der Waals surface area contributed by atoms with Gasteiger partial charge in [0.1, 0.15) is 11.3 Å². The van der Waals surface area contributed by atoms with Crippen LogP contribution in [0.2, 0.25) is 0 Å². The number of nitrogens with zero attached hydrogens (tertiary/aromatic N) is 3. The van der Waals surface area contributed by atoms with Gasteiger partial charge in [0.15, 0.2) is 0 Å². The van der Waals surface area contributed by atoms with Gasteiger partial charge < -0.3 is 4.90 Å². The molecule has 0 unspecified atom stereocenters. The molecule has 2 aromatic heterocycles. The largest absolute Gasteiger partial charge is 0.338 e. The predicted molar refractivity (Wildman–Crippen MR) is 85.8 cm³/mol. The number of carbonyl (C=O) groups is 1. The van der Waals surface area contributed by atoms with E-state index in [0.717, 1.165) is 55.0 Å². The van der Waals surface area contributed by atoms with Crippen molar-refractivity contribution in [2.45, 2.75) is 47.0 Å². The molecular weight excluding hydrogens is 262 g/mol. The Morgan fingerprint density at radius 2 is 2.10 bits per heavy atom. The first-order valence-corrected chi connectivity index (χ1v) is 7.89. The minimum absolute atomic E-state index is 0.0981. The lowest BCUT2D eigenvalue weighted by Gasteiger charge is -2.21.